The van der Waals surface area contributed by atoms with Crippen LogP contribution in [0.5, 0.6) is 17.2 Å². The Labute approximate surface area is 151 Å². The van der Waals surface area contributed by atoms with E-state index in [2.05, 4.69) is 26.1 Å². The Balaban J connectivity index is 1.74. The summed E-state index contributed by atoms with van der Waals surface area (Å²) in [4.78, 5) is 4.24. The predicted molar refractivity (Wildman–Crippen MR) is 91.3 cm³/mol. The van der Waals surface area contributed by atoms with E-state index in [1.54, 1.807) is 38.5 Å². The van der Waals surface area contributed by atoms with Crippen molar-refractivity contribution in [1.82, 2.24) is 10.1 Å². The molecule has 0 bridgehead atoms. The summed E-state index contributed by atoms with van der Waals surface area (Å²) in [5.74, 6) is 1.38. The van der Waals surface area contributed by atoms with Gasteiger partial charge < -0.3 is 18.7 Å². The van der Waals surface area contributed by atoms with Crippen molar-refractivity contribution in [2.24, 2.45) is 0 Å². The van der Waals surface area contributed by atoms with Crippen LogP contribution in [0, 0.1) is 5.82 Å². The maximum absolute atomic E-state index is 13.7. The van der Waals surface area contributed by atoms with Gasteiger partial charge in [0.25, 0.3) is 5.89 Å². The molecule has 1 aromatic heterocycles. The summed E-state index contributed by atoms with van der Waals surface area (Å²) in [5.41, 5.74) is 0.697. The summed E-state index contributed by atoms with van der Waals surface area (Å²) in [5, 5.41) is 3.90. The first-order chi connectivity index (χ1) is 12.1. The molecule has 3 rings (SSSR count). The molecule has 1 heterocycles. The fraction of sp³-hybridized carbons (Fsp3) is 0.176. The molecule has 0 aliphatic rings. The highest BCUT2D eigenvalue weighted by molar-refractivity contribution is 9.10. The molecule has 8 heteroatoms. The van der Waals surface area contributed by atoms with Crippen LogP contribution < -0.4 is 14.2 Å². The summed E-state index contributed by atoms with van der Waals surface area (Å²) in [6.45, 7) is -0.0428. The Morgan fingerprint density at radius 1 is 1.04 bits per heavy atom. The lowest BCUT2D eigenvalue weighted by Crippen LogP contribution is -1.98. The molecule has 0 saturated heterocycles. The molecule has 0 spiro atoms. The number of methoxy groups -OCH3 is 2. The zero-order valence-electron chi connectivity index (χ0n) is 13.5. The van der Waals surface area contributed by atoms with Gasteiger partial charge in [-0.1, -0.05) is 21.1 Å². The van der Waals surface area contributed by atoms with Crippen LogP contribution in [0.4, 0.5) is 4.39 Å². The molecular formula is C17H14BrFN2O4. The average molecular weight is 409 g/mol. The average Bonchev–Trinajstić information content (AvgIpc) is 3.09. The third kappa shape index (κ3) is 3.90. The minimum absolute atomic E-state index is 0.0428. The van der Waals surface area contributed by atoms with Gasteiger partial charge in [-0.2, -0.15) is 4.98 Å². The zero-order valence-corrected chi connectivity index (χ0v) is 15.0. The Hall–Kier alpha value is -2.61. The fourth-order valence-corrected chi connectivity index (χ4v) is 2.47. The molecule has 0 aliphatic heterocycles. The summed E-state index contributed by atoms with van der Waals surface area (Å²) >= 11 is 3.19. The smallest absolute Gasteiger partial charge is 0.264 e. The number of rotatable bonds is 6. The first-order valence-electron chi connectivity index (χ1n) is 7.23. The standard InChI is InChI=1S/C17H14BrFN2O4/c1-22-14-5-3-10(7-15(14)23-2)17-20-16(25-21-17)9-24-13-6-4-11(18)8-12(13)19/h3-8H,9H2,1-2H3. The van der Waals surface area contributed by atoms with E-state index in [9.17, 15) is 4.39 Å². The Morgan fingerprint density at radius 3 is 2.52 bits per heavy atom. The van der Waals surface area contributed by atoms with E-state index in [1.807, 2.05) is 0 Å². The normalized spacial score (nSPS) is 10.6. The fourth-order valence-electron chi connectivity index (χ4n) is 2.14. The largest absolute Gasteiger partial charge is 0.493 e. The summed E-state index contributed by atoms with van der Waals surface area (Å²) in [6.07, 6.45) is 0. The lowest BCUT2D eigenvalue weighted by atomic mass is 10.2. The minimum Gasteiger partial charge on any atom is -0.493 e. The highest BCUT2D eigenvalue weighted by atomic mass is 79.9. The summed E-state index contributed by atoms with van der Waals surface area (Å²) in [6, 6.07) is 9.79. The Morgan fingerprint density at radius 2 is 1.80 bits per heavy atom. The monoisotopic (exact) mass is 408 g/mol. The minimum atomic E-state index is -0.478. The Bertz CT molecular complexity index is 885. The molecule has 3 aromatic rings. The van der Waals surface area contributed by atoms with Crippen LogP contribution in [0.1, 0.15) is 5.89 Å². The third-order valence-corrected chi connectivity index (χ3v) is 3.85. The van der Waals surface area contributed by atoms with Gasteiger partial charge >= 0.3 is 0 Å². The molecule has 0 fully saturated rings. The van der Waals surface area contributed by atoms with Gasteiger partial charge in [0, 0.05) is 10.0 Å². The first kappa shape index (κ1) is 17.2. The van der Waals surface area contributed by atoms with Crippen LogP contribution in [0.3, 0.4) is 0 Å². The molecule has 0 aliphatic carbocycles. The van der Waals surface area contributed by atoms with Crippen LogP contribution in [-0.4, -0.2) is 24.4 Å². The van der Waals surface area contributed by atoms with Crippen molar-refractivity contribution in [1.29, 1.82) is 0 Å². The van der Waals surface area contributed by atoms with E-state index in [4.69, 9.17) is 18.7 Å². The van der Waals surface area contributed by atoms with E-state index in [1.165, 1.54) is 12.1 Å². The Kier molecular flexibility index (Phi) is 5.18. The van der Waals surface area contributed by atoms with Crippen LogP contribution >= 0.6 is 15.9 Å². The highest BCUT2D eigenvalue weighted by Gasteiger charge is 2.13. The van der Waals surface area contributed by atoms with Gasteiger partial charge in [0.2, 0.25) is 5.82 Å². The maximum atomic E-state index is 13.7. The van der Waals surface area contributed by atoms with Crippen LogP contribution in [-0.2, 0) is 6.61 Å². The number of hydrogen-bond acceptors (Lipinski definition) is 6. The summed E-state index contributed by atoms with van der Waals surface area (Å²) < 4.78 is 35.3. The molecule has 0 N–H and O–H groups in total. The number of nitrogens with zero attached hydrogens (tertiary/aromatic N) is 2. The molecule has 0 amide bonds. The molecule has 25 heavy (non-hydrogen) atoms. The second-order valence-electron chi connectivity index (χ2n) is 4.94. The molecule has 0 atom stereocenters. The van der Waals surface area contributed by atoms with Gasteiger partial charge in [0.1, 0.15) is 0 Å². The van der Waals surface area contributed by atoms with E-state index in [-0.39, 0.29) is 18.2 Å². The van der Waals surface area contributed by atoms with Gasteiger partial charge in [-0.05, 0) is 36.4 Å². The molecule has 2 aromatic carbocycles. The highest BCUT2D eigenvalue weighted by Crippen LogP contribution is 2.31. The molecule has 130 valence electrons. The van der Waals surface area contributed by atoms with E-state index < -0.39 is 5.82 Å². The zero-order chi connectivity index (χ0) is 17.8. The van der Waals surface area contributed by atoms with Gasteiger partial charge in [-0.3, -0.25) is 0 Å². The van der Waals surface area contributed by atoms with Crippen molar-refractivity contribution in [3.63, 3.8) is 0 Å². The molecule has 0 unspecified atom stereocenters. The quantitative estimate of drug-likeness (QED) is 0.607. The van der Waals surface area contributed by atoms with Crippen molar-refractivity contribution in [3.8, 4) is 28.6 Å². The van der Waals surface area contributed by atoms with Gasteiger partial charge in [-0.15, -0.1) is 0 Å². The second-order valence-corrected chi connectivity index (χ2v) is 5.86. The van der Waals surface area contributed by atoms with Crippen molar-refractivity contribution in [2.75, 3.05) is 14.2 Å². The number of aromatic nitrogens is 2. The second kappa shape index (κ2) is 7.52. The van der Waals surface area contributed by atoms with E-state index >= 15 is 0 Å². The molecule has 0 radical (unpaired) electrons. The molecule has 0 saturated carbocycles. The number of ether oxygens (including phenoxy) is 3. The number of benzene rings is 2. The van der Waals surface area contributed by atoms with Crippen LogP contribution in [0.15, 0.2) is 45.4 Å². The number of halogens is 2. The van der Waals surface area contributed by atoms with E-state index in [0.29, 0.717) is 27.4 Å². The maximum Gasteiger partial charge on any atom is 0.264 e. The van der Waals surface area contributed by atoms with Crippen molar-refractivity contribution in [2.45, 2.75) is 6.61 Å². The van der Waals surface area contributed by atoms with Crippen LogP contribution in [0.25, 0.3) is 11.4 Å². The van der Waals surface area contributed by atoms with Crippen molar-refractivity contribution >= 4 is 15.9 Å². The summed E-state index contributed by atoms with van der Waals surface area (Å²) in [7, 11) is 3.10. The topological polar surface area (TPSA) is 66.6 Å². The lowest BCUT2D eigenvalue weighted by molar-refractivity contribution is 0.234. The number of hydrogen-bond donors (Lipinski definition) is 0. The predicted octanol–water partition coefficient (Wildman–Crippen LogP) is 4.23. The van der Waals surface area contributed by atoms with Gasteiger partial charge in [0.05, 0.1) is 14.2 Å². The molecular weight excluding hydrogens is 395 g/mol. The first-order valence-corrected chi connectivity index (χ1v) is 8.03. The van der Waals surface area contributed by atoms with Gasteiger partial charge in [-0.25, -0.2) is 4.39 Å². The third-order valence-electron chi connectivity index (χ3n) is 3.35. The van der Waals surface area contributed by atoms with Crippen molar-refractivity contribution in [3.05, 3.63) is 52.6 Å². The molecule has 6 nitrogen and oxygen atoms in total. The van der Waals surface area contributed by atoms with Crippen molar-refractivity contribution < 1.29 is 23.1 Å². The SMILES string of the molecule is COc1ccc(-c2noc(COc3ccc(Br)cc3F)n2)cc1OC. The van der Waals surface area contributed by atoms with Gasteiger partial charge in [0.15, 0.2) is 29.7 Å². The van der Waals surface area contributed by atoms with E-state index in [0.717, 1.165) is 0 Å². The lowest BCUT2D eigenvalue weighted by Gasteiger charge is -2.07. The van der Waals surface area contributed by atoms with Crippen LogP contribution in [0.2, 0.25) is 0 Å².